The highest BCUT2D eigenvalue weighted by Crippen LogP contribution is 2.19. The maximum atomic E-state index is 12.2. The number of primary sulfonamides is 1. The van der Waals surface area contributed by atoms with E-state index < -0.39 is 15.9 Å². The molecule has 4 rings (SSSR count). The van der Waals surface area contributed by atoms with Gasteiger partial charge in [0.1, 0.15) is 5.82 Å². The van der Waals surface area contributed by atoms with Crippen LogP contribution in [-0.4, -0.2) is 51.7 Å². The fraction of sp³-hybridized carbons (Fsp3) is 0.174. The number of nitrogens with zero attached hydrogens (tertiary/aromatic N) is 4. The Kier molecular flexibility index (Phi) is 6.66. The molecule has 0 spiro atoms. The Labute approximate surface area is 192 Å². The number of hydrogen-bond acceptors (Lipinski definition) is 7. The summed E-state index contributed by atoms with van der Waals surface area (Å²) in [5.74, 6) is 0.556. The molecule has 3 N–H and O–H groups in total. The van der Waals surface area contributed by atoms with Crippen LogP contribution in [0.5, 0.6) is 0 Å². The van der Waals surface area contributed by atoms with Gasteiger partial charge in [-0.15, -0.1) is 0 Å². The fourth-order valence-electron chi connectivity index (χ4n) is 3.53. The van der Waals surface area contributed by atoms with Crippen molar-refractivity contribution in [1.82, 2.24) is 10.4 Å². The summed E-state index contributed by atoms with van der Waals surface area (Å²) in [6, 6.07) is 19.2. The molecule has 0 bridgehead atoms. The number of pyridine rings is 1. The Balaban J connectivity index is 1.29. The number of carbonyl (C=O) groups excluding carboxylic acids is 1. The molecule has 33 heavy (non-hydrogen) atoms. The van der Waals surface area contributed by atoms with E-state index in [0.29, 0.717) is 0 Å². The summed E-state index contributed by atoms with van der Waals surface area (Å²) >= 11 is 0. The zero-order valence-electron chi connectivity index (χ0n) is 17.8. The van der Waals surface area contributed by atoms with E-state index >= 15 is 0 Å². The van der Waals surface area contributed by atoms with Crippen LogP contribution in [0.1, 0.15) is 15.9 Å². The maximum absolute atomic E-state index is 12.2. The molecule has 3 aromatic rings. The van der Waals surface area contributed by atoms with Crippen molar-refractivity contribution < 1.29 is 13.2 Å². The largest absolute Gasteiger partial charge is 0.368 e. The van der Waals surface area contributed by atoms with Gasteiger partial charge in [0.2, 0.25) is 10.0 Å². The molecule has 0 aliphatic carbocycles. The van der Waals surface area contributed by atoms with Gasteiger partial charge in [-0.25, -0.2) is 24.0 Å². The van der Waals surface area contributed by atoms with E-state index in [2.05, 4.69) is 25.3 Å². The van der Waals surface area contributed by atoms with Gasteiger partial charge in [-0.2, -0.15) is 5.10 Å². The van der Waals surface area contributed by atoms with Gasteiger partial charge in [-0.05, 0) is 54.1 Å². The van der Waals surface area contributed by atoms with E-state index in [1.54, 1.807) is 6.21 Å². The third kappa shape index (κ3) is 5.73. The quantitative estimate of drug-likeness (QED) is 0.424. The molecule has 0 atom stereocenters. The lowest BCUT2D eigenvalue weighted by Gasteiger charge is -2.36. The van der Waals surface area contributed by atoms with Gasteiger partial charge in [0.05, 0.1) is 11.1 Å². The average Bonchev–Trinajstić information content (AvgIpc) is 2.85. The molecule has 2 aromatic carbocycles. The Morgan fingerprint density at radius 2 is 1.61 bits per heavy atom. The molecule has 1 aliphatic heterocycles. The summed E-state index contributed by atoms with van der Waals surface area (Å²) in [6.07, 6.45) is 3.37. The van der Waals surface area contributed by atoms with E-state index in [9.17, 15) is 13.2 Å². The number of sulfonamides is 1. The number of piperazine rings is 1. The second-order valence-corrected chi connectivity index (χ2v) is 9.08. The predicted octanol–water partition coefficient (Wildman–Crippen LogP) is 1.82. The molecule has 10 heteroatoms. The number of nitrogens with one attached hydrogen (secondary N) is 1. The SMILES string of the molecule is NS(=O)(=O)c1ccc(C(=O)N/N=C/c2ccc(N3CCN(c4ccccn4)CC3)cc2)cc1. The standard InChI is InChI=1S/C23H24N6O3S/c24-33(31,32)21-10-6-19(7-11-21)23(30)27-26-17-18-4-8-20(9-5-18)28-13-15-29(16-14-28)22-3-1-2-12-25-22/h1-12,17H,13-16H2,(H,27,30)(H2,24,31,32)/b26-17+. The van der Waals surface area contributed by atoms with E-state index in [0.717, 1.165) is 43.2 Å². The molecule has 9 nitrogen and oxygen atoms in total. The van der Waals surface area contributed by atoms with Crippen molar-refractivity contribution in [3.05, 3.63) is 84.1 Å². The fourth-order valence-corrected chi connectivity index (χ4v) is 4.05. The van der Waals surface area contributed by atoms with Gasteiger partial charge in [-0.3, -0.25) is 4.79 Å². The Morgan fingerprint density at radius 1 is 0.939 bits per heavy atom. The lowest BCUT2D eigenvalue weighted by Crippen LogP contribution is -2.46. The first kappa shape index (κ1) is 22.4. The predicted molar refractivity (Wildman–Crippen MR) is 128 cm³/mol. The first-order chi connectivity index (χ1) is 15.9. The number of amides is 1. The minimum atomic E-state index is -3.80. The highest BCUT2D eigenvalue weighted by molar-refractivity contribution is 7.89. The average molecular weight is 465 g/mol. The summed E-state index contributed by atoms with van der Waals surface area (Å²) in [7, 11) is -3.80. The van der Waals surface area contributed by atoms with Gasteiger partial charge in [0, 0.05) is 43.6 Å². The second kappa shape index (κ2) is 9.80. The monoisotopic (exact) mass is 464 g/mol. The van der Waals surface area contributed by atoms with E-state index in [4.69, 9.17) is 5.14 Å². The zero-order valence-corrected chi connectivity index (χ0v) is 18.6. The molecular weight excluding hydrogens is 440 g/mol. The number of carbonyl (C=O) groups is 1. The smallest absolute Gasteiger partial charge is 0.271 e. The summed E-state index contributed by atoms with van der Waals surface area (Å²) < 4.78 is 22.6. The Hall–Kier alpha value is -3.76. The Morgan fingerprint density at radius 3 is 2.21 bits per heavy atom. The van der Waals surface area contributed by atoms with Gasteiger partial charge in [0.15, 0.2) is 0 Å². The summed E-state index contributed by atoms with van der Waals surface area (Å²) in [5.41, 5.74) is 4.68. The first-order valence-corrected chi connectivity index (χ1v) is 11.9. The second-order valence-electron chi connectivity index (χ2n) is 7.52. The van der Waals surface area contributed by atoms with Gasteiger partial charge in [0.25, 0.3) is 5.91 Å². The van der Waals surface area contributed by atoms with Crippen molar-refractivity contribution in [2.75, 3.05) is 36.0 Å². The normalized spacial score (nSPS) is 14.5. The summed E-state index contributed by atoms with van der Waals surface area (Å²) in [4.78, 5) is 21.1. The van der Waals surface area contributed by atoms with Gasteiger partial charge < -0.3 is 9.80 Å². The minimum Gasteiger partial charge on any atom is -0.368 e. The number of aromatic nitrogens is 1. The van der Waals surface area contributed by atoms with Crippen molar-refractivity contribution in [2.24, 2.45) is 10.2 Å². The van der Waals surface area contributed by atoms with Crippen molar-refractivity contribution in [3.63, 3.8) is 0 Å². The van der Waals surface area contributed by atoms with Crippen LogP contribution in [0.3, 0.4) is 0 Å². The summed E-state index contributed by atoms with van der Waals surface area (Å²) in [5, 5.41) is 9.04. The van der Waals surface area contributed by atoms with Crippen LogP contribution in [0.2, 0.25) is 0 Å². The molecule has 1 saturated heterocycles. The molecular formula is C23H24N6O3S. The van der Waals surface area contributed by atoms with Crippen LogP contribution in [0.15, 0.2) is 82.9 Å². The van der Waals surface area contributed by atoms with Crippen molar-refractivity contribution >= 4 is 33.7 Å². The van der Waals surface area contributed by atoms with Crippen LogP contribution in [0, 0.1) is 0 Å². The van der Waals surface area contributed by atoms with Crippen molar-refractivity contribution in [1.29, 1.82) is 0 Å². The van der Waals surface area contributed by atoms with Crippen LogP contribution in [0.4, 0.5) is 11.5 Å². The molecule has 1 aliphatic rings. The molecule has 1 aromatic heterocycles. The number of hydrazone groups is 1. The number of anilines is 2. The van der Waals surface area contributed by atoms with Crippen LogP contribution in [0.25, 0.3) is 0 Å². The van der Waals surface area contributed by atoms with Gasteiger partial charge >= 0.3 is 0 Å². The van der Waals surface area contributed by atoms with Crippen molar-refractivity contribution in [3.8, 4) is 0 Å². The number of hydrogen-bond donors (Lipinski definition) is 2. The maximum Gasteiger partial charge on any atom is 0.271 e. The molecule has 1 amide bonds. The summed E-state index contributed by atoms with van der Waals surface area (Å²) in [6.45, 7) is 3.63. The Bertz CT molecular complexity index is 1220. The molecule has 0 unspecified atom stereocenters. The number of rotatable bonds is 6. The van der Waals surface area contributed by atoms with Crippen LogP contribution < -0.4 is 20.4 Å². The van der Waals surface area contributed by atoms with Gasteiger partial charge in [-0.1, -0.05) is 18.2 Å². The van der Waals surface area contributed by atoms with E-state index in [1.807, 2.05) is 48.7 Å². The number of nitrogens with two attached hydrogens (primary N) is 1. The van der Waals surface area contributed by atoms with E-state index in [1.165, 1.54) is 24.3 Å². The molecule has 0 saturated carbocycles. The molecule has 0 radical (unpaired) electrons. The van der Waals surface area contributed by atoms with E-state index in [-0.39, 0.29) is 10.5 Å². The zero-order chi connectivity index (χ0) is 23.3. The van der Waals surface area contributed by atoms with Crippen LogP contribution >= 0.6 is 0 Å². The third-order valence-electron chi connectivity index (χ3n) is 5.34. The third-order valence-corrected chi connectivity index (χ3v) is 6.27. The molecule has 2 heterocycles. The highest BCUT2D eigenvalue weighted by atomic mass is 32.2. The van der Waals surface area contributed by atoms with Crippen LogP contribution in [-0.2, 0) is 10.0 Å². The lowest BCUT2D eigenvalue weighted by molar-refractivity contribution is 0.0955. The number of benzene rings is 2. The minimum absolute atomic E-state index is 0.0548. The molecule has 170 valence electrons. The topological polar surface area (TPSA) is 121 Å². The van der Waals surface area contributed by atoms with Crippen molar-refractivity contribution in [2.45, 2.75) is 4.90 Å². The highest BCUT2D eigenvalue weighted by Gasteiger charge is 2.18. The lowest BCUT2D eigenvalue weighted by atomic mass is 10.2. The molecule has 1 fully saturated rings. The first-order valence-electron chi connectivity index (χ1n) is 10.4.